The van der Waals surface area contributed by atoms with Crippen molar-refractivity contribution in [3.05, 3.63) is 35.4 Å². The molecule has 1 aromatic carbocycles. The molecule has 0 aliphatic heterocycles. The molecule has 4 N–H and O–H groups in total. The predicted molar refractivity (Wildman–Crippen MR) is 72.9 cm³/mol. The van der Waals surface area contributed by atoms with Crippen LogP contribution in [0.4, 0.5) is 0 Å². The molecule has 0 heterocycles. The van der Waals surface area contributed by atoms with Gasteiger partial charge in [0.2, 0.25) is 0 Å². The number of thiocarbonyl (C=S) groups is 1. The van der Waals surface area contributed by atoms with Crippen molar-refractivity contribution in [1.82, 2.24) is 0 Å². The molecule has 7 heteroatoms. The molecule has 1 unspecified atom stereocenters. The zero-order chi connectivity index (χ0) is 13.8. The lowest BCUT2D eigenvalue weighted by Crippen LogP contribution is -2.25. The van der Waals surface area contributed by atoms with Crippen LogP contribution in [-0.4, -0.2) is 42.1 Å². The first-order valence-corrected chi connectivity index (χ1v) is 7.45. The van der Waals surface area contributed by atoms with Crippen molar-refractivity contribution < 1.29 is 18.6 Å². The zero-order valence-corrected chi connectivity index (χ0v) is 11.2. The lowest BCUT2D eigenvalue weighted by atomic mass is 10.1. The first-order chi connectivity index (χ1) is 8.34. The van der Waals surface area contributed by atoms with Gasteiger partial charge in [-0.15, -0.1) is 0 Å². The molecule has 0 aromatic heterocycles. The fraction of sp³-hybridized carbons (Fsp3) is 0.364. The second kappa shape index (κ2) is 6.24. The quantitative estimate of drug-likeness (QED) is 0.616. The molecule has 0 fully saturated rings. The highest BCUT2D eigenvalue weighted by Gasteiger charge is 2.17. The average molecular weight is 289 g/mol. The number of hydrogen-bond acceptors (Lipinski definition) is 5. The van der Waals surface area contributed by atoms with Crippen molar-refractivity contribution in [1.29, 1.82) is 0 Å². The SMILES string of the molecule is NC(=S)c1ccc(CS(=O)(=O)CC(O)CO)cc1. The van der Waals surface area contributed by atoms with Gasteiger partial charge in [0, 0.05) is 5.56 Å². The van der Waals surface area contributed by atoms with Gasteiger partial charge in [-0.3, -0.25) is 0 Å². The minimum Gasteiger partial charge on any atom is -0.394 e. The van der Waals surface area contributed by atoms with E-state index in [2.05, 4.69) is 0 Å². The third kappa shape index (κ3) is 4.69. The number of benzene rings is 1. The average Bonchev–Trinajstić information content (AvgIpc) is 2.28. The van der Waals surface area contributed by atoms with Crippen LogP contribution in [0.2, 0.25) is 0 Å². The van der Waals surface area contributed by atoms with E-state index in [4.69, 9.17) is 28.2 Å². The van der Waals surface area contributed by atoms with Gasteiger partial charge in [-0.05, 0) is 5.56 Å². The fourth-order valence-corrected chi connectivity index (χ4v) is 3.07. The predicted octanol–water partition coefficient (Wildman–Crippen LogP) is -0.411. The summed E-state index contributed by atoms with van der Waals surface area (Å²) < 4.78 is 23.3. The Hall–Kier alpha value is -1.02. The molecule has 5 nitrogen and oxygen atoms in total. The molecular weight excluding hydrogens is 274 g/mol. The van der Waals surface area contributed by atoms with E-state index in [-0.39, 0.29) is 10.7 Å². The molecule has 0 amide bonds. The minimum atomic E-state index is -3.45. The summed E-state index contributed by atoms with van der Waals surface area (Å²) in [5, 5.41) is 17.7. The summed E-state index contributed by atoms with van der Waals surface area (Å²) in [5.74, 6) is -0.651. The second-order valence-electron chi connectivity index (χ2n) is 3.95. The van der Waals surface area contributed by atoms with Gasteiger partial charge in [0.15, 0.2) is 9.84 Å². The molecule has 1 aromatic rings. The molecule has 0 spiro atoms. The smallest absolute Gasteiger partial charge is 0.157 e. The lowest BCUT2D eigenvalue weighted by molar-refractivity contribution is 0.112. The summed E-state index contributed by atoms with van der Waals surface area (Å²) in [7, 11) is -3.45. The lowest BCUT2D eigenvalue weighted by Gasteiger charge is -2.08. The molecule has 0 saturated heterocycles. The first-order valence-electron chi connectivity index (χ1n) is 5.22. The van der Waals surface area contributed by atoms with Crippen molar-refractivity contribution in [3.8, 4) is 0 Å². The Morgan fingerprint density at radius 3 is 2.33 bits per heavy atom. The molecule has 0 aliphatic rings. The van der Waals surface area contributed by atoms with Crippen molar-refractivity contribution in [2.45, 2.75) is 11.9 Å². The number of nitrogens with two attached hydrogens (primary N) is 1. The van der Waals surface area contributed by atoms with E-state index in [1.807, 2.05) is 0 Å². The van der Waals surface area contributed by atoms with Gasteiger partial charge in [0.05, 0.1) is 24.2 Å². The van der Waals surface area contributed by atoms with Gasteiger partial charge in [-0.25, -0.2) is 8.42 Å². The topological polar surface area (TPSA) is 101 Å². The number of hydrogen-bond donors (Lipinski definition) is 3. The van der Waals surface area contributed by atoms with E-state index in [1.165, 1.54) is 0 Å². The van der Waals surface area contributed by atoms with Crippen LogP contribution >= 0.6 is 12.2 Å². The maximum absolute atomic E-state index is 11.7. The highest BCUT2D eigenvalue weighted by Crippen LogP contribution is 2.10. The molecule has 1 atom stereocenters. The Balaban J connectivity index is 2.75. The van der Waals surface area contributed by atoms with Crippen LogP contribution in [0.1, 0.15) is 11.1 Å². The fourth-order valence-electron chi connectivity index (χ4n) is 1.42. The van der Waals surface area contributed by atoms with Crippen LogP contribution in [0.3, 0.4) is 0 Å². The Labute approximate surface area is 111 Å². The summed E-state index contributed by atoms with van der Waals surface area (Å²) in [6.45, 7) is -0.570. The van der Waals surface area contributed by atoms with E-state index >= 15 is 0 Å². The highest BCUT2D eigenvalue weighted by molar-refractivity contribution is 7.90. The Morgan fingerprint density at radius 1 is 1.33 bits per heavy atom. The van der Waals surface area contributed by atoms with Crippen molar-refractivity contribution in [2.75, 3.05) is 12.4 Å². The van der Waals surface area contributed by atoms with Crippen molar-refractivity contribution >= 4 is 27.0 Å². The van der Waals surface area contributed by atoms with E-state index in [0.29, 0.717) is 11.1 Å². The maximum atomic E-state index is 11.7. The number of rotatable bonds is 6. The summed E-state index contributed by atoms with van der Waals surface area (Å²) in [5.41, 5.74) is 6.68. The molecule has 1 rings (SSSR count). The largest absolute Gasteiger partial charge is 0.394 e. The molecule has 0 radical (unpaired) electrons. The summed E-state index contributed by atoms with van der Waals surface area (Å²) in [4.78, 5) is 0.250. The van der Waals surface area contributed by atoms with E-state index in [0.717, 1.165) is 0 Å². The molecule has 0 aliphatic carbocycles. The third-order valence-corrected chi connectivity index (χ3v) is 4.18. The standard InChI is InChI=1S/C11H15NO4S2/c12-11(17)9-3-1-8(2-4-9)6-18(15,16)7-10(14)5-13/h1-4,10,13-14H,5-7H2,(H2,12,17). The first kappa shape index (κ1) is 15.0. The van der Waals surface area contributed by atoms with E-state index in [9.17, 15) is 8.42 Å². The third-order valence-electron chi connectivity index (χ3n) is 2.28. The highest BCUT2D eigenvalue weighted by atomic mass is 32.2. The van der Waals surface area contributed by atoms with E-state index < -0.39 is 28.3 Å². The Morgan fingerprint density at radius 2 is 1.89 bits per heavy atom. The van der Waals surface area contributed by atoms with E-state index in [1.54, 1.807) is 24.3 Å². The van der Waals surface area contributed by atoms with Gasteiger partial charge < -0.3 is 15.9 Å². The van der Waals surface area contributed by atoms with Crippen LogP contribution < -0.4 is 5.73 Å². The normalized spacial score (nSPS) is 13.2. The van der Waals surface area contributed by atoms with Gasteiger partial charge in [0.25, 0.3) is 0 Å². The number of sulfone groups is 1. The van der Waals surface area contributed by atoms with Gasteiger partial charge in [-0.1, -0.05) is 36.5 Å². The summed E-state index contributed by atoms with van der Waals surface area (Å²) in [6.07, 6.45) is -1.24. The molecular formula is C11H15NO4S2. The molecule has 0 saturated carbocycles. The maximum Gasteiger partial charge on any atom is 0.157 e. The Bertz CT molecular complexity index is 510. The summed E-state index contributed by atoms with van der Waals surface area (Å²) in [6, 6.07) is 6.54. The molecule has 100 valence electrons. The van der Waals surface area contributed by atoms with Gasteiger partial charge in [0.1, 0.15) is 4.99 Å². The van der Waals surface area contributed by atoms with Crippen LogP contribution in [-0.2, 0) is 15.6 Å². The van der Waals surface area contributed by atoms with Crippen LogP contribution in [0, 0.1) is 0 Å². The number of aliphatic hydroxyl groups is 2. The van der Waals surface area contributed by atoms with Gasteiger partial charge >= 0.3 is 0 Å². The molecule has 0 bridgehead atoms. The van der Waals surface area contributed by atoms with Crippen molar-refractivity contribution in [2.24, 2.45) is 5.73 Å². The monoisotopic (exact) mass is 289 g/mol. The molecule has 18 heavy (non-hydrogen) atoms. The minimum absolute atomic E-state index is 0.193. The van der Waals surface area contributed by atoms with Crippen molar-refractivity contribution in [3.63, 3.8) is 0 Å². The van der Waals surface area contributed by atoms with Gasteiger partial charge in [-0.2, -0.15) is 0 Å². The van der Waals surface area contributed by atoms with Crippen LogP contribution in [0.25, 0.3) is 0 Å². The number of aliphatic hydroxyl groups excluding tert-OH is 2. The summed E-state index contributed by atoms with van der Waals surface area (Å²) >= 11 is 4.79. The Kier molecular flexibility index (Phi) is 5.21. The zero-order valence-electron chi connectivity index (χ0n) is 9.61. The van der Waals surface area contributed by atoms with Crippen LogP contribution in [0.15, 0.2) is 24.3 Å². The van der Waals surface area contributed by atoms with Crippen LogP contribution in [0.5, 0.6) is 0 Å². The second-order valence-corrected chi connectivity index (χ2v) is 6.50.